The lowest BCUT2D eigenvalue weighted by Crippen LogP contribution is -2.44. The van der Waals surface area contributed by atoms with E-state index in [1.54, 1.807) is 6.20 Å². The first-order chi connectivity index (χ1) is 16.2. The van der Waals surface area contributed by atoms with Gasteiger partial charge in [-0.05, 0) is 50.3 Å². The molecule has 1 amide bonds. The Bertz CT molecular complexity index is 1250. The Labute approximate surface area is 201 Å². The van der Waals surface area contributed by atoms with Crippen LogP contribution >= 0.6 is 0 Å². The largest absolute Gasteiger partial charge is 0.342 e. The van der Waals surface area contributed by atoms with Crippen molar-refractivity contribution in [2.75, 3.05) is 13.1 Å². The van der Waals surface area contributed by atoms with E-state index >= 15 is 0 Å². The van der Waals surface area contributed by atoms with Crippen molar-refractivity contribution in [1.29, 1.82) is 0 Å². The normalized spacial score (nSPS) is 16.4. The molecule has 0 spiro atoms. The first-order valence-electron chi connectivity index (χ1n) is 11.6. The minimum atomic E-state index is -3.61. The van der Waals surface area contributed by atoms with Crippen LogP contribution in [0.2, 0.25) is 0 Å². The molecule has 4 rings (SSSR count). The van der Waals surface area contributed by atoms with E-state index in [0.717, 1.165) is 28.1 Å². The lowest BCUT2D eigenvalue weighted by molar-refractivity contribution is -0.126. The number of piperidine rings is 1. The van der Waals surface area contributed by atoms with Gasteiger partial charge in [-0.3, -0.25) is 4.79 Å². The molecule has 8 heteroatoms. The lowest BCUT2D eigenvalue weighted by Gasteiger charge is -2.32. The molecule has 1 N–H and O–H groups in total. The molecule has 2 aromatic carbocycles. The van der Waals surface area contributed by atoms with E-state index in [-0.39, 0.29) is 17.9 Å². The van der Waals surface area contributed by atoms with Crippen molar-refractivity contribution in [3.8, 4) is 0 Å². The average molecular weight is 481 g/mol. The Kier molecular flexibility index (Phi) is 6.91. The molecule has 1 aromatic heterocycles. The monoisotopic (exact) mass is 480 g/mol. The van der Waals surface area contributed by atoms with Crippen LogP contribution < -0.4 is 5.32 Å². The number of benzene rings is 2. The Balaban J connectivity index is 1.48. The number of rotatable bonds is 6. The van der Waals surface area contributed by atoms with Crippen molar-refractivity contribution in [2.24, 2.45) is 13.0 Å². The van der Waals surface area contributed by atoms with Gasteiger partial charge in [0.25, 0.3) is 0 Å². The molecule has 0 saturated carbocycles. The van der Waals surface area contributed by atoms with Crippen LogP contribution in [0.5, 0.6) is 0 Å². The fourth-order valence-electron chi connectivity index (χ4n) is 4.92. The minimum absolute atomic E-state index is 0.0726. The van der Waals surface area contributed by atoms with Gasteiger partial charge in [-0.2, -0.15) is 4.31 Å². The van der Waals surface area contributed by atoms with Crippen LogP contribution in [0.4, 0.5) is 0 Å². The minimum Gasteiger partial charge on any atom is -0.342 e. The van der Waals surface area contributed by atoms with E-state index in [9.17, 15) is 13.2 Å². The zero-order chi connectivity index (χ0) is 24.5. The second-order valence-corrected chi connectivity index (χ2v) is 11.0. The van der Waals surface area contributed by atoms with E-state index in [4.69, 9.17) is 0 Å². The second-order valence-electron chi connectivity index (χ2n) is 9.15. The van der Waals surface area contributed by atoms with Gasteiger partial charge < -0.3 is 9.88 Å². The zero-order valence-corrected chi connectivity index (χ0v) is 21.0. The maximum absolute atomic E-state index is 13.4. The number of hydrogen-bond donors (Lipinski definition) is 1. The van der Waals surface area contributed by atoms with Crippen molar-refractivity contribution < 1.29 is 13.2 Å². The number of aryl methyl sites for hydroxylation is 4. The predicted molar refractivity (Wildman–Crippen MR) is 132 cm³/mol. The van der Waals surface area contributed by atoms with E-state index in [1.807, 2.05) is 81.0 Å². The van der Waals surface area contributed by atoms with E-state index in [2.05, 4.69) is 10.3 Å². The third-order valence-corrected chi connectivity index (χ3v) is 8.77. The van der Waals surface area contributed by atoms with E-state index in [1.165, 1.54) is 4.31 Å². The van der Waals surface area contributed by atoms with Gasteiger partial charge in [0, 0.05) is 38.4 Å². The summed E-state index contributed by atoms with van der Waals surface area (Å²) < 4.78 is 30.2. The molecule has 180 valence electrons. The van der Waals surface area contributed by atoms with Crippen LogP contribution in [0.25, 0.3) is 0 Å². The summed E-state index contributed by atoms with van der Waals surface area (Å²) in [4.78, 5) is 18.1. The van der Waals surface area contributed by atoms with Crippen molar-refractivity contribution in [3.63, 3.8) is 0 Å². The van der Waals surface area contributed by atoms with Crippen molar-refractivity contribution in [1.82, 2.24) is 19.2 Å². The number of hydrogen-bond acceptors (Lipinski definition) is 4. The van der Waals surface area contributed by atoms with Crippen LogP contribution in [0.1, 0.15) is 47.0 Å². The first-order valence-corrected chi connectivity index (χ1v) is 13.0. The first kappa shape index (κ1) is 24.2. The van der Waals surface area contributed by atoms with Gasteiger partial charge in [0.05, 0.1) is 4.90 Å². The summed E-state index contributed by atoms with van der Waals surface area (Å²) in [5, 5.41) is 3.17. The summed E-state index contributed by atoms with van der Waals surface area (Å²) >= 11 is 0. The molecular formula is C26H32N4O3S. The molecule has 0 aliphatic carbocycles. The Morgan fingerprint density at radius 1 is 1.06 bits per heavy atom. The quantitative estimate of drug-likeness (QED) is 0.584. The molecule has 1 aliphatic heterocycles. The molecule has 0 bridgehead atoms. The van der Waals surface area contributed by atoms with Crippen LogP contribution in [0, 0.1) is 26.7 Å². The van der Waals surface area contributed by atoms with Gasteiger partial charge in [-0.25, -0.2) is 13.4 Å². The van der Waals surface area contributed by atoms with Crippen molar-refractivity contribution >= 4 is 15.9 Å². The molecular weight excluding hydrogens is 448 g/mol. The maximum Gasteiger partial charge on any atom is 0.243 e. The molecule has 34 heavy (non-hydrogen) atoms. The van der Waals surface area contributed by atoms with Crippen molar-refractivity contribution in [2.45, 2.75) is 44.6 Å². The van der Waals surface area contributed by atoms with Gasteiger partial charge in [0.15, 0.2) is 0 Å². The summed E-state index contributed by atoms with van der Waals surface area (Å²) in [7, 11) is -1.70. The number of nitrogens with zero attached hydrogens (tertiary/aromatic N) is 3. The highest BCUT2D eigenvalue weighted by Gasteiger charge is 2.34. The number of carbonyl (C=O) groups is 1. The smallest absolute Gasteiger partial charge is 0.243 e. The number of amides is 1. The summed E-state index contributed by atoms with van der Waals surface area (Å²) in [6.07, 6.45) is 4.54. The molecule has 3 aromatic rings. The van der Waals surface area contributed by atoms with Gasteiger partial charge >= 0.3 is 0 Å². The molecule has 0 radical (unpaired) electrons. The average Bonchev–Trinajstić information content (AvgIpc) is 3.22. The molecule has 1 atom stereocenters. The van der Waals surface area contributed by atoms with Crippen LogP contribution in [-0.4, -0.2) is 41.3 Å². The second kappa shape index (κ2) is 9.72. The highest BCUT2D eigenvalue weighted by Crippen LogP contribution is 2.29. The fourth-order valence-corrected chi connectivity index (χ4v) is 6.80. The Hall–Kier alpha value is -2.97. The predicted octanol–water partition coefficient (Wildman–Crippen LogP) is 3.65. The van der Waals surface area contributed by atoms with Gasteiger partial charge in [-0.15, -0.1) is 0 Å². The number of sulfonamides is 1. The third-order valence-electron chi connectivity index (χ3n) is 6.56. The molecule has 1 aliphatic rings. The zero-order valence-electron chi connectivity index (χ0n) is 20.2. The molecule has 1 fully saturated rings. The van der Waals surface area contributed by atoms with Crippen LogP contribution in [0.3, 0.4) is 0 Å². The fraction of sp³-hybridized carbons (Fsp3) is 0.385. The summed E-state index contributed by atoms with van der Waals surface area (Å²) in [6.45, 7) is 6.30. The maximum atomic E-state index is 13.4. The molecule has 2 heterocycles. The van der Waals surface area contributed by atoms with Gasteiger partial charge in [-0.1, -0.05) is 48.0 Å². The highest BCUT2D eigenvalue weighted by molar-refractivity contribution is 7.89. The van der Waals surface area contributed by atoms with Crippen LogP contribution in [0.15, 0.2) is 59.8 Å². The number of imidazole rings is 1. The highest BCUT2D eigenvalue weighted by atomic mass is 32.2. The topological polar surface area (TPSA) is 84.3 Å². The number of nitrogens with one attached hydrogen (secondary N) is 1. The molecule has 1 saturated heterocycles. The summed E-state index contributed by atoms with van der Waals surface area (Å²) in [5.41, 5.74) is 3.52. The van der Waals surface area contributed by atoms with Gasteiger partial charge in [0.2, 0.25) is 15.9 Å². The molecule has 7 nitrogen and oxygen atoms in total. The lowest BCUT2D eigenvalue weighted by atomic mass is 9.96. The number of aromatic nitrogens is 2. The standard InChI is InChI=1S/C26H32N4O3S/c1-18-16-19(2)24(20(3)17-18)34(32,33)30-13-10-22(11-14-30)26(31)28-23(21-8-6-5-7-9-21)25-27-12-15-29(25)4/h5-9,12,15-17,22-23H,10-11,13-14H2,1-4H3,(H,28,31). The van der Waals surface area contributed by atoms with Crippen molar-refractivity contribution in [3.05, 3.63) is 82.9 Å². The third kappa shape index (κ3) is 4.79. The molecule has 1 unspecified atom stereocenters. The Morgan fingerprint density at radius 2 is 1.68 bits per heavy atom. The summed E-state index contributed by atoms with van der Waals surface area (Å²) in [5.74, 6) is 0.430. The van der Waals surface area contributed by atoms with E-state index < -0.39 is 10.0 Å². The van der Waals surface area contributed by atoms with Gasteiger partial charge in [0.1, 0.15) is 11.9 Å². The van der Waals surface area contributed by atoms with Crippen LogP contribution in [-0.2, 0) is 21.9 Å². The Morgan fingerprint density at radius 3 is 2.24 bits per heavy atom. The summed E-state index contributed by atoms with van der Waals surface area (Å²) in [6, 6.07) is 13.2. The number of carbonyl (C=O) groups excluding carboxylic acids is 1. The van der Waals surface area contributed by atoms with E-state index in [0.29, 0.717) is 30.8 Å². The SMILES string of the molecule is Cc1cc(C)c(S(=O)(=O)N2CCC(C(=O)NC(c3ccccc3)c3nccn3C)CC2)c(C)c1.